The van der Waals surface area contributed by atoms with Crippen molar-refractivity contribution in [2.24, 2.45) is 5.10 Å². The molecule has 0 bridgehead atoms. The lowest BCUT2D eigenvalue weighted by Crippen LogP contribution is -2.16. The minimum absolute atomic E-state index is 0.0157. The zero-order valence-corrected chi connectivity index (χ0v) is 14.8. The van der Waals surface area contributed by atoms with E-state index in [4.69, 9.17) is 27.6 Å². The highest BCUT2D eigenvalue weighted by molar-refractivity contribution is 6.35. The molecule has 1 aromatic carbocycles. The first-order chi connectivity index (χ1) is 12.9. The lowest BCUT2D eigenvalue weighted by Gasteiger charge is -2.04. The van der Waals surface area contributed by atoms with Crippen molar-refractivity contribution in [1.82, 2.24) is 20.1 Å². The highest BCUT2D eigenvalue weighted by Gasteiger charge is 2.17. The van der Waals surface area contributed by atoms with Gasteiger partial charge >= 0.3 is 5.76 Å². The summed E-state index contributed by atoms with van der Waals surface area (Å²) >= 11 is 11.5. The van der Waals surface area contributed by atoms with E-state index < -0.39 is 17.4 Å². The van der Waals surface area contributed by atoms with Crippen LogP contribution in [-0.4, -0.2) is 24.7 Å². The Labute approximate surface area is 160 Å². The van der Waals surface area contributed by atoms with Crippen molar-refractivity contribution in [2.45, 2.75) is 6.54 Å². The van der Waals surface area contributed by atoms with Crippen molar-refractivity contribution in [3.8, 4) is 11.6 Å². The molecule has 3 aromatic rings. The van der Waals surface area contributed by atoms with Crippen molar-refractivity contribution in [3.05, 3.63) is 61.2 Å². The van der Waals surface area contributed by atoms with Crippen LogP contribution in [-0.2, 0) is 6.54 Å². The first-order valence-electron chi connectivity index (χ1n) is 7.46. The minimum Gasteiger partial charge on any atom is -0.503 e. The number of benzene rings is 1. The number of nitrogens with one attached hydrogen (secondary N) is 2. The average Bonchev–Trinajstić information content (AvgIpc) is 3.19. The molecule has 0 atom stereocenters. The molecule has 0 unspecified atom stereocenters. The quantitative estimate of drug-likeness (QED) is 0.453. The molecular weight excluding hydrogens is 399 g/mol. The van der Waals surface area contributed by atoms with E-state index in [1.54, 1.807) is 18.2 Å². The lowest BCUT2D eigenvalue weighted by atomic mass is 10.2. The van der Waals surface area contributed by atoms with Crippen LogP contribution in [0.4, 0.5) is 5.69 Å². The van der Waals surface area contributed by atoms with E-state index in [-0.39, 0.29) is 28.4 Å². The number of anilines is 1. The number of hydrogen-bond donors (Lipinski definition) is 4. The fourth-order valence-corrected chi connectivity index (χ4v) is 2.87. The second-order valence-electron chi connectivity index (χ2n) is 5.48. The largest absolute Gasteiger partial charge is 0.503 e. The van der Waals surface area contributed by atoms with Gasteiger partial charge in [0.1, 0.15) is 5.36 Å². The van der Waals surface area contributed by atoms with E-state index in [0.717, 1.165) is 15.6 Å². The molecule has 4 N–H and O–H groups in total. The van der Waals surface area contributed by atoms with Gasteiger partial charge in [-0.15, -0.1) is 0 Å². The first kappa shape index (κ1) is 17.2. The van der Waals surface area contributed by atoms with Gasteiger partial charge in [-0.25, -0.2) is 24.9 Å². The SMILES string of the molecule is O=c1oc(/C=c2\ccc3c(c2)NNN=3)c(O)n1Cc1nc(Cl)c(O)c(Cl)n1. The van der Waals surface area contributed by atoms with Crippen LogP contribution in [0.5, 0.6) is 11.6 Å². The van der Waals surface area contributed by atoms with Gasteiger partial charge in [0.2, 0.25) is 5.88 Å². The van der Waals surface area contributed by atoms with Crippen LogP contribution in [0.3, 0.4) is 0 Å². The van der Waals surface area contributed by atoms with E-state index in [1.165, 1.54) is 6.08 Å². The summed E-state index contributed by atoms with van der Waals surface area (Å²) in [4.78, 5) is 19.7. The Hall–Kier alpha value is -3.24. The van der Waals surface area contributed by atoms with Crippen molar-refractivity contribution in [1.29, 1.82) is 0 Å². The Morgan fingerprint density at radius 3 is 2.70 bits per heavy atom. The monoisotopic (exact) mass is 408 g/mol. The van der Waals surface area contributed by atoms with Crippen LogP contribution in [0.1, 0.15) is 11.6 Å². The molecule has 0 fully saturated rings. The van der Waals surface area contributed by atoms with Crippen molar-refractivity contribution >= 4 is 35.0 Å². The molecule has 12 heteroatoms. The number of aromatic nitrogens is 3. The highest BCUT2D eigenvalue weighted by Crippen LogP contribution is 2.28. The van der Waals surface area contributed by atoms with E-state index in [0.29, 0.717) is 5.22 Å². The predicted molar refractivity (Wildman–Crippen MR) is 95.0 cm³/mol. The van der Waals surface area contributed by atoms with Crippen molar-refractivity contribution in [2.75, 3.05) is 5.43 Å². The summed E-state index contributed by atoms with van der Waals surface area (Å²) in [5.74, 6) is -1.73. The average molecular weight is 409 g/mol. The van der Waals surface area contributed by atoms with Crippen LogP contribution >= 0.6 is 23.2 Å². The van der Waals surface area contributed by atoms with Crippen molar-refractivity contribution in [3.63, 3.8) is 0 Å². The maximum absolute atomic E-state index is 12.1. The summed E-state index contributed by atoms with van der Waals surface area (Å²) in [5, 5.41) is 24.7. The Morgan fingerprint density at radius 1 is 1.22 bits per heavy atom. The molecule has 0 amide bonds. The number of nitrogens with zero attached hydrogens (tertiary/aromatic N) is 4. The van der Waals surface area contributed by atoms with Gasteiger partial charge in [-0.1, -0.05) is 29.3 Å². The number of oxazole rings is 1. The van der Waals surface area contributed by atoms with Crippen LogP contribution in [0.2, 0.25) is 10.3 Å². The molecular formula is C15H10Cl2N6O4. The molecule has 0 spiro atoms. The van der Waals surface area contributed by atoms with Gasteiger partial charge in [0.25, 0.3) is 0 Å². The maximum Gasteiger partial charge on any atom is 0.422 e. The first-order valence-corrected chi connectivity index (χ1v) is 8.22. The third-order valence-corrected chi connectivity index (χ3v) is 4.25. The van der Waals surface area contributed by atoms with E-state index >= 15 is 0 Å². The molecule has 3 heterocycles. The number of halogens is 2. The molecule has 138 valence electrons. The van der Waals surface area contributed by atoms with E-state index in [9.17, 15) is 15.0 Å². The van der Waals surface area contributed by atoms with Gasteiger partial charge < -0.3 is 14.6 Å². The molecule has 4 rings (SSSR count). The van der Waals surface area contributed by atoms with Gasteiger partial charge in [0.15, 0.2) is 27.6 Å². The Morgan fingerprint density at radius 2 is 1.96 bits per heavy atom. The molecule has 0 saturated heterocycles. The van der Waals surface area contributed by atoms with Gasteiger partial charge in [0, 0.05) is 0 Å². The fourth-order valence-electron chi connectivity index (χ4n) is 2.44. The summed E-state index contributed by atoms with van der Waals surface area (Å²) in [5.41, 5.74) is 6.21. The topological polar surface area (TPSA) is 138 Å². The second kappa shape index (κ2) is 6.49. The number of aromatic hydroxyl groups is 2. The Kier molecular flexibility index (Phi) is 4.13. The third kappa shape index (κ3) is 3.15. The zero-order chi connectivity index (χ0) is 19.1. The van der Waals surface area contributed by atoms with Gasteiger partial charge in [-0.2, -0.15) is 5.10 Å². The molecule has 1 aliphatic heterocycles. The predicted octanol–water partition coefficient (Wildman–Crippen LogP) is 0.291. The smallest absolute Gasteiger partial charge is 0.422 e. The number of fused-ring (bicyclic) bond motifs is 1. The van der Waals surface area contributed by atoms with Crippen molar-refractivity contribution < 1.29 is 14.6 Å². The van der Waals surface area contributed by atoms with E-state index in [1.807, 2.05) is 0 Å². The normalized spacial score (nSPS) is 13.0. The Balaban J connectivity index is 1.72. The zero-order valence-electron chi connectivity index (χ0n) is 13.3. The minimum atomic E-state index is -0.821. The lowest BCUT2D eigenvalue weighted by molar-refractivity contribution is 0.417. The second-order valence-corrected chi connectivity index (χ2v) is 6.20. The Bertz CT molecular complexity index is 1210. The fraction of sp³-hybridized carbons (Fsp3) is 0.0667. The number of hydrogen-bond acceptors (Lipinski definition) is 9. The highest BCUT2D eigenvalue weighted by atomic mass is 35.5. The van der Waals surface area contributed by atoms with Gasteiger partial charge in [0.05, 0.1) is 12.2 Å². The molecule has 2 aromatic heterocycles. The number of hydrazine groups is 1. The summed E-state index contributed by atoms with van der Waals surface area (Å²) < 4.78 is 6.01. The summed E-state index contributed by atoms with van der Waals surface area (Å²) in [6, 6.07) is 5.27. The van der Waals surface area contributed by atoms with Gasteiger partial charge in [-0.3, -0.25) is 5.43 Å². The standard InChI is InChI=1S/C15H10Cl2N6O4/c16-12-11(24)13(17)19-10(18-12)5-23-14(25)9(27-15(23)26)4-6-1-2-7-8(3-6)21-22-20-7/h1-4,21-22,24-25H,5H2/b6-4+. The third-order valence-electron chi connectivity index (χ3n) is 3.72. The molecule has 27 heavy (non-hydrogen) atoms. The molecule has 1 aliphatic rings. The number of rotatable bonds is 3. The summed E-state index contributed by atoms with van der Waals surface area (Å²) in [7, 11) is 0. The van der Waals surface area contributed by atoms with E-state index in [2.05, 4.69) is 26.0 Å². The van der Waals surface area contributed by atoms with Gasteiger partial charge in [-0.05, 0) is 23.4 Å². The van der Waals surface area contributed by atoms with Crippen LogP contribution < -0.4 is 27.3 Å². The van der Waals surface area contributed by atoms with Crippen LogP contribution in [0, 0.1) is 0 Å². The van der Waals surface area contributed by atoms with Crippen LogP contribution in [0.25, 0.3) is 6.08 Å². The molecule has 0 saturated carbocycles. The summed E-state index contributed by atoms with van der Waals surface area (Å²) in [6.07, 6.45) is 1.49. The van der Waals surface area contributed by atoms with Crippen LogP contribution in [0.15, 0.2) is 32.5 Å². The summed E-state index contributed by atoms with van der Waals surface area (Å²) in [6.45, 7) is -0.254. The molecule has 10 nitrogen and oxygen atoms in total. The molecule has 0 radical (unpaired) electrons. The maximum atomic E-state index is 12.1. The molecule has 0 aliphatic carbocycles.